The highest BCUT2D eigenvalue weighted by Crippen LogP contribution is 2.52. The number of hydrogen-bond acceptors (Lipinski definition) is 2. The van der Waals surface area contributed by atoms with Crippen LogP contribution in [0.2, 0.25) is 0 Å². The van der Waals surface area contributed by atoms with Crippen molar-refractivity contribution in [3.8, 4) is 5.75 Å². The lowest BCUT2D eigenvalue weighted by molar-refractivity contribution is 0.445. The second-order valence-corrected chi connectivity index (χ2v) is 11.4. The first-order valence-corrected chi connectivity index (χ1v) is 14.3. The van der Waals surface area contributed by atoms with E-state index >= 15 is 0 Å². The molecule has 2 heteroatoms. The van der Waals surface area contributed by atoms with Gasteiger partial charge in [0.25, 0.3) is 0 Å². The maximum absolute atomic E-state index is 6.21. The minimum absolute atomic E-state index is 0.522. The Bertz CT molecular complexity index is 1380. The lowest BCUT2D eigenvalue weighted by Crippen LogP contribution is -2.29. The first kappa shape index (κ1) is 24.8. The number of ether oxygens (including phenoxy) is 1. The van der Waals surface area contributed by atoms with Crippen molar-refractivity contribution >= 4 is 11.4 Å². The maximum atomic E-state index is 6.21. The van der Waals surface area contributed by atoms with Gasteiger partial charge in [-0.15, -0.1) is 6.58 Å². The monoisotopic (exact) mass is 501 g/mol. The van der Waals surface area contributed by atoms with E-state index < -0.39 is 0 Å². The predicted molar refractivity (Wildman–Crippen MR) is 159 cm³/mol. The summed E-state index contributed by atoms with van der Waals surface area (Å²) in [5, 5.41) is 0. The van der Waals surface area contributed by atoms with E-state index in [0.29, 0.717) is 17.9 Å². The second-order valence-electron chi connectivity index (χ2n) is 11.4. The van der Waals surface area contributed by atoms with E-state index in [9.17, 15) is 0 Å². The molecular weight excluding hydrogens is 462 g/mol. The van der Waals surface area contributed by atoms with E-state index in [1.165, 1.54) is 59.3 Å². The van der Waals surface area contributed by atoms with Gasteiger partial charge in [-0.05, 0) is 87.8 Å². The molecule has 2 aliphatic heterocycles. The average Bonchev–Trinajstić information content (AvgIpc) is 3.38. The van der Waals surface area contributed by atoms with Crippen molar-refractivity contribution in [2.45, 2.75) is 70.8 Å². The largest absolute Gasteiger partial charge is 0.461 e. The summed E-state index contributed by atoms with van der Waals surface area (Å²) in [6, 6.07) is 25.1. The minimum Gasteiger partial charge on any atom is -0.461 e. The van der Waals surface area contributed by atoms with Gasteiger partial charge in [0.2, 0.25) is 0 Å². The number of benzene rings is 3. The Labute approximate surface area is 228 Å². The molecule has 3 atom stereocenters. The number of para-hydroxylation sites is 1. The number of anilines is 2. The molecule has 38 heavy (non-hydrogen) atoms. The topological polar surface area (TPSA) is 12.5 Å². The van der Waals surface area contributed by atoms with Crippen molar-refractivity contribution in [3.63, 3.8) is 0 Å². The first-order valence-electron chi connectivity index (χ1n) is 14.3. The summed E-state index contributed by atoms with van der Waals surface area (Å²) >= 11 is 0. The quantitative estimate of drug-likeness (QED) is 0.312. The molecule has 0 spiro atoms. The van der Waals surface area contributed by atoms with Crippen LogP contribution in [0, 0.1) is 19.8 Å². The van der Waals surface area contributed by atoms with Crippen LogP contribution in [0.15, 0.2) is 103 Å². The van der Waals surface area contributed by atoms with Crippen LogP contribution in [0.3, 0.4) is 0 Å². The van der Waals surface area contributed by atoms with Gasteiger partial charge < -0.3 is 9.64 Å². The SMILES string of the molecule is C=CCC/C(=C\C=C1/Cc2cc(C)ccc2O1)C1CCCC2C(C1)c1cc(C)ccc1N2c1ccccc1. The summed E-state index contributed by atoms with van der Waals surface area (Å²) in [7, 11) is 0. The summed E-state index contributed by atoms with van der Waals surface area (Å²) in [6.45, 7) is 8.41. The van der Waals surface area contributed by atoms with E-state index in [0.717, 1.165) is 30.8 Å². The van der Waals surface area contributed by atoms with Crippen LogP contribution in [0.4, 0.5) is 11.4 Å². The van der Waals surface area contributed by atoms with Gasteiger partial charge in [-0.1, -0.05) is 77.7 Å². The van der Waals surface area contributed by atoms with Crippen LogP contribution >= 0.6 is 0 Å². The molecule has 194 valence electrons. The first-order chi connectivity index (χ1) is 18.6. The number of rotatable bonds is 6. The summed E-state index contributed by atoms with van der Waals surface area (Å²) in [5.41, 5.74) is 9.78. The molecule has 3 aliphatic rings. The Morgan fingerprint density at radius 1 is 1.00 bits per heavy atom. The molecule has 2 nitrogen and oxygen atoms in total. The van der Waals surface area contributed by atoms with Crippen molar-refractivity contribution in [2.75, 3.05) is 4.90 Å². The highest BCUT2D eigenvalue weighted by Gasteiger charge is 2.41. The molecule has 1 fully saturated rings. The number of hydrogen-bond donors (Lipinski definition) is 0. The third-order valence-electron chi connectivity index (χ3n) is 8.73. The lowest BCUT2D eigenvalue weighted by Gasteiger charge is -2.30. The smallest absolute Gasteiger partial charge is 0.130 e. The number of allylic oxidation sites excluding steroid dienone is 5. The van der Waals surface area contributed by atoms with E-state index in [-0.39, 0.29) is 0 Å². The minimum atomic E-state index is 0.522. The van der Waals surface area contributed by atoms with Crippen LogP contribution < -0.4 is 9.64 Å². The molecule has 0 bridgehead atoms. The number of fused-ring (bicyclic) bond motifs is 4. The van der Waals surface area contributed by atoms with Gasteiger partial charge in [-0.3, -0.25) is 0 Å². The molecule has 1 saturated carbocycles. The average molecular weight is 502 g/mol. The summed E-state index contributed by atoms with van der Waals surface area (Å²) < 4.78 is 6.21. The zero-order chi connectivity index (χ0) is 26.1. The van der Waals surface area contributed by atoms with Crippen molar-refractivity contribution < 1.29 is 4.74 Å². The third-order valence-corrected chi connectivity index (χ3v) is 8.73. The van der Waals surface area contributed by atoms with Crippen LogP contribution in [0.1, 0.15) is 66.7 Å². The lowest BCUT2D eigenvalue weighted by atomic mass is 9.81. The Morgan fingerprint density at radius 2 is 1.82 bits per heavy atom. The third kappa shape index (κ3) is 4.85. The molecule has 0 amide bonds. The molecule has 1 aliphatic carbocycles. The van der Waals surface area contributed by atoms with Gasteiger partial charge in [-0.25, -0.2) is 0 Å². The van der Waals surface area contributed by atoms with Gasteiger partial charge in [-0.2, -0.15) is 0 Å². The number of aryl methyl sites for hydroxylation is 2. The molecule has 0 N–H and O–H groups in total. The van der Waals surface area contributed by atoms with E-state index in [1.807, 2.05) is 0 Å². The molecule has 3 unspecified atom stereocenters. The fraction of sp³-hybridized carbons (Fsp3) is 0.333. The maximum Gasteiger partial charge on any atom is 0.130 e. The van der Waals surface area contributed by atoms with Gasteiger partial charge in [0.05, 0.1) is 0 Å². The van der Waals surface area contributed by atoms with Gasteiger partial charge in [0.15, 0.2) is 0 Å². The summed E-state index contributed by atoms with van der Waals surface area (Å²) in [4.78, 5) is 2.64. The highest BCUT2D eigenvalue weighted by molar-refractivity contribution is 5.73. The molecule has 2 heterocycles. The fourth-order valence-electron chi connectivity index (χ4n) is 6.92. The van der Waals surface area contributed by atoms with E-state index in [4.69, 9.17) is 4.74 Å². The van der Waals surface area contributed by atoms with E-state index in [2.05, 4.69) is 110 Å². The predicted octanol–water partition coefficient (Wildman–Crippen LogP) is 9.51. The van der Waals surface area contributed by atoms with Crippen molar-refractivity contribution in [2.24, 2.45) is 5.92 Å². The fourth-order valence-corrected chi connectivity index (χ4v) is 6.92. The Hall–Kier alpha value is -3.52. The molecule has 0 saturated heterocycles. The molecule has 6 rings (SSSR count). The summed E-state index contributed by atoms with van der Waals surface area (Å²) in [5.74, 6) is 3.20. The second kappa shape index (κ2) is 10.7. The van der Waals surface area contributed by atoms with Crippen molar-refractivity contribution in [1.82, 2.24) is 0 Å². The van der Waals surface area contributed by atoms with Crippen LogP contribution in [0.5, 0.6) is 5.75 Å². The zero-order valence-electron chi connectivity index (χ0n) is 22.8. The standard InChI is InChI=1S/C36H39NO/c1-4-5-10-27(17-18-31-23-29-21-25(2)16-20-36(29)38-31)28-11-9-14-34-33(24-28)32-22-26(3)15-19-35(32)37(34)30-12-7-6-8-13-30/h4,6-8,12-13,15-22,28,33-34H,1,5,9-11,14,23-24H2,2-3H3/b27-17+,31-18+. The van der Waals surface area contributed by atoms with Crippen molar-refractivity contribution in [3.05, 3.63) is 125 Å². The van der Waals surface area contributed by atoms with Gasteiger partial charge in [0, 0.05) is 35.3 Å². The van der Waals surface area contributed by atoms with Crippen molar-refractivity contribution in [1.29, 1.82) is 0 Å². The van der Waals surface area contributed by atoms with Crippen LogP contribution in [-0.4, -0.2) is 6.04 Å². The number of nitrogens with zero attached hydrogens (tertiary/aromatic N) is 1. The molecule has 0 radical (unpaired) electrons. The van der Waals surface area contributed by atoms with Gasteiger partial charge >= 0.3 is 0 Å². The molecule has 3 aromatic rings. The van der Waals surface area contributed by atoms with E-state index in [1.54, 1.807) is 5.57 Å². The Balaban J connectivity index is 1.30. The normalized spacial score (nSPS) is 23.4. The molecule has 3 aromatic carbocycles. The zero-order valence-corrected chi connectivity index (χ0v) is 22.8. The van der Waals surface area contributed by atoms with Crippen LogP contribution in [0.25, 0.3) is 0 Å². The summed E-state index contributed by atoms with van der Waals surface area (Å²) in [6.07, 6.45) is 14.6. The Kier molecular flexibility index (Phi) is 6.98. The molecule has 0 aromatic heterocycles. The van der Waals surface area contributed by atoms with Crippen LogP contribution in [-0.2, 0) is 6.42 Å². The van der Waals surface area contributed by atoms with Gasteiger partial charge in [0.1, 0.15) is 11.5 Å². The highest BCUT2D eigenvalue weighted by atomic mass is 16.5. The molecular formula is C36H39NO. The Morgan fingerprint density at radius 3 is 2.66 bits per heavy atom.